The van der Waals surface area contributed by atoms with Crippen molar-refractivity contribution in [3.63, 3.8) is 0 Å². The summed E-state index contributed by atoms with van der Waals surface area (Å²) in [5.74, 6) is -0.244. The van der Waals surface area contributed by atoms with Crippen molar-refractivity contribution in [2.24, 2.45) is 0 Å². The Morgan fingerprint density at radius 3 is 2.68 bits per heavy atom. The summed E-state index contributed by atoms with van der Waals surface area (Å²) in [6.45, 7) is 8.66. The highest BCUT2D eigenvalue weighted by molar-refractivity contribution is 5.50. The first-order valence-electron chi connectivity index (χ1n) is 6.28. The second-order valence-electron chi connectivity index (χ2n) is 5.64. The highest BCUT2D eigenvalue weighted by Gasteiger charge is 2.14. The molecule has 1 aromatic carbocycles. The van der Waals surface area contributed by atoms with Crippen LogP contribution in [0.3, 0.4) is 0 Å². The van der Waals surface area contributed by atoms with Gasteiger partial charge in [0.1, 0.15) is 11.5 Å². The van der Waals surface area contributed by atoms with Gasteiger partial charge in [-0.05, 0) is 45.4 Å². The molecule has 0 saturated heterocycles. The Labute approximate surface area is 112 Å². The quantitative estimate of drug-likeness (QED) is 0.924. The van der Waals surface area contributed by atoms with Gasteiger partial charge in [-0.3, -0.25) is 0 Å². The van der Waals surface area contributed by atoms with Crippen LogP contribution in [-0.2, 0) is 12.1 Å². The van der Waals surface area contributed by atoms with Gasteiger partial charge in [0.15, 0.2) is 0 Å². The van der Waals surface area contributed by atoms with Crippen molar-refractivity contribution in [2.75, 3.05) is 5.32 Å². The molecule has 2 aromatic rings. The van der Waals surface area contributed by atoms with Crippen molar-refractivity contribution >= 4 is 5.69 Å². The standard InChI is InChI=1S/C14H19FN4/c1-10-5-6-11(15)7-13(10)16-8-12-9-19(18-17-12)14(2,3)4/h5-7,9,16H,8H2,1-4H3. The lowest BCUT2D eigenvalue weighted by Gasteiger charge is -2.17. The van der Waals surface area contributed by atoms with E-state index in [1.807, 2.05) is 17.8 Å². The molecule has 0 aliphatic heterocycles. The zero-order valence-corrected chi connectivity index (χ0v) is 11.7. The average Bonchev–Trinajstić information content (AvgIpc) is 2.79. The lowest BCUT2D eigenvalue weighted by molar-refractivity contribution is 0.347. The molecule has 0 fully saturated rings. The van der Waals surface area contributed by atoms with Crippen LogP contribution in [0.5, 0.6) is 0 Å². The third kappa shape index (κ3) is 3.30. The lowest BCUT2D eigenvalue weighted by Crippen LogP contribution is -2.22. The first-order valence-corrected chi connectivity index (χ1v) is 6.28. The topological polar surface area (TPSA) is 42.7 Å². The van der Waals surface area contributed by atoms with Gasteiger partial charge in [0.2, 0.25) is 0 Å². The summed E-state index contributed by atoms with van der Waals surface area (Å²) in [6.07, 6.45) is 1.90. The van der Waals surface area contributed by atoms with Gasteiger partial charge in [0.05, 0.1) is 18.3 Å². The van der Waals surface area contributed by atoms with Gasteiger partial charge < -0.3 is 5.32 Å². The maximum Gasteiger partial charge on any atom is 0.125 e. The number of rotatable bonds is 3. The number of nitrogens with one attached hydrogen (secondary N) is 1. The summed E-state index contributed by atoms with van der Waals surface area (Å²) in [4.78, 5) is 0. The number of benzene rings is 1. The molecule has 1 heterocycles. The summed E-state index contributed by atoms with van der Waals surface area (Å²) in [6, 6.07) is 4.70. The van der Waals surface area contributed by atoms with Crippen LogP contribution in [0.25, 0.3) is 0 Å². The van der Waals surface area contributed by atoms with Crippen LogP contribution in [-0.4, -0.2) is 15.0 Å². The van der Waals surface area contributed by atoms with Gasteiger partial charge in [-0.2, -0.15) is 0 Å². The lowest BCUT2D eigenvalue weighted by atomic mass is 10.1. The van der Waals surface area contributed by atoms with Crippen LogP contribution in [0.4, 0.5) is 10.1 Å². The molecule has 1 aromatic heterocycles. The van der Waals surface area contributed by atoms with E-state index in [0.717, 1.165) is 16.9 Å². The molecule has 0 unspecified atom stereocenters. The molecule has 5 heteroatoms. The molecule has 0 radical (unpaired) electrons. The maximum absolute atomic E-state index is 13.2. The van der Waals surface area contributed by atoms with Gasteiger partial charge in [-0.25, -0.2) is 9.07 Å². The van der Waals surface area contributed by atoms with E-state index in [2.05, 4.69) is 36.4 Å². The Morgan fingerprint density at radius 2 is 2.05 bits per heavy atom. The molecular weight excluding hydrogens is 243 g/mol. The Bertz CT molecular complexity index is 569. The van der Waals surface area contributed by atoms with Crippen LogP contribution in [0, 0.1) is 12.7 Å². The Morgan fingerprint density at radius 1 is 1.32 bits per heavy atom. The fraction of sp³-hybridized carbons (Fsp3) is 0.429. The largest absolute Gasteiger partial charge is 0.379 e. The molecule has 0 aliphatic rings. The molecule has 0 spiro atoms. The summed E-state index contributed by atoms with van der Waals surface area (Å²) >= 11 is 0. The normalized spacial score (nSPS) is 11.6. The third-order valence-corrected chi connectivity index (χ3v) is 2.89. The first kappa shape index (κ1) is 13.5. The maximum atomic E-state index is 13.2. The van der Waals surface area contributed by atoms with E-state index < -0.39 is 0 Å². The van der Waals surface area contributed by atoms with Crippen LogP contribution >= 0.6 is 0 Å². The Hall–Kier alpha value is -1.91. The molecule has 0 saturated carbocycles. The summed E-state index contributed by atoms with van der Waals surface area (Å²) in [5.41, 5.74) is 2.54. The van der Waals surface area contributed by atoms with E-state index >= 15 is 0 Å². The van der Waals surface area contributed by atoms with Gasteiger partial charge in [0.25, 0.3) is 0 Å². The Balaban J connectivity index is 2.06. The predicted octanol–water partition coefficient (Wildman–Crippen LogP) is 3.09. The van der Waals surface area contributed by atoms with Crippen LogP contribution < -0.4 is 5.32 Å². The number of aromatic nitrogens is 3. The van der Waals surface area contributed by atoms with Gasteiger partial charge >= 0.3 is 0 Å². The second-order valence-corrected chi connectivity index (χ2v) is 5.64. The first-order chi connectivity index (χ1) is 8.86. The highest BCUT2D eigenvalue weighted by Crippen LogP contribution is 2.17. The van der Waals surface area contributed by atoms with Crippen LogP contribution in [0.2, 0.25) is 0 Å². The monoisotopic (exact) mass is 262 g/mol. The van der Waals surface area contributed by atoms with Crippen molar-refractivity contribution in [1.82, 2.24) is 15.0 Å². The van der Waals surface area contributed by atoms with E-state index in [1.54, 1.807) is 6.07 Å². The molecule has 102 valence electrons. The van der Waals surface area contributed by atoms with Crippen LogP contribution in [0.15, 0.2) is 24.4 Å². The van der Waals surface area contributed by atoms with Crippen LogP contribution in [0.1, 0.15) is 32.0 Å². The molecule has 0 amide bonds. The minimum atomic E-state index is -0.244. The number of aryl methyl sites for hydroxylation is 1. The zero-order chi connectivity index (χ0) is 14.0. The smallest absolute Gasteiger partial charge is 0.125 e. The second kappa shape index (κ2) is 4.99. The average molecular weight is 262 g/mol. The Kier molecular flexibility index (Phi) is 3.55. The van der Waals surface area contributed by atoms with Gasteiger partial charge in [0, 0.05) is 5.69 Å². The van der Waals surface area contributed by atoms with Gasteiger partial charge in [-0.1, -0.05) is 11.3 Å². The van der Waals surface area contributed by atoms with E-state index in [4.69, 9.17) is 0 Å². The van der Waals surface area contributed by atoms with Crippen molar-refractivity contribution in [3.05, 3.63) is 41.5 Å². The zero-order valence-electron chi connectivity index (χ0n) is 11.7. The van der Waals surface area contributed by atoms with E-state index in [9.17, 15) is 4.39 Å². The van der Waals surface area contributed by atoms with Gasteiger partial charge in [-0.15, -0.1) is 5.10 Å². The summed E-state index contributed by atoms with van der Waals surface area (Å²) in [5, 5.41) is 11.4. The van der Waals surface area contributed by atoms with Crippen molar-refractivity contribution < 1.29 is 4.39 Å². The predicted molar refractivity (Wildman–Crippen MR) is 73.5 cm³/mol. The van der Waals surface area contributed by atoms with Crippen molar-refractivity contribution in [3.8, 4) is 0 Å². The summed E-state index contributed by atoms with van der Waals surface area (Å²) < 4.78 is 15.0. The molecule has 2 rings (SSSR count). The molecule has 4 nitrogen and oxygen atoms in total. The molecule has 1 N–H and O–H groups in total. The molecule has 19 heavy (non-hydrogen) atoms. The molecule has 0 aliphatic carbocycles. The summed E-state index contributed by atoms with van der Waals surface area (Å²) in [7, 11) is 0. The number of hydrogen-bond acceptors (Lipinski definition) is 3. The fourth-order valence-corrected chi connectivity index (χ4v) is 1.68. The SMILES string of the molecule is Cc1ccc(F)cc1NCc1cn(C(C)(C)C)nn1. The van der Waals surface area contributed by atoms with Crippen molar-refractivity contribution in [1.29, 1.82) is 0 Å². The molecule has 0 atom stereocenters. The third-order valence-electron chi connectivity index (χ3n) is 2.89. The number of nitrogens with zero attached hydrogens (tertiary/aromatic N) is 3. The number of anilines is 1. The van der Waals surface area contributed by atoms with Crippen molar-refractivity contribution in [2.45, 2.75) is 39.8 Å². The molecular formula is C14H19FN4. The van der Waals surface area contributed by atoms with E-state index in [1.165, 1.54) is 12.1 Å². The highest BCUT2D eigenvalue weighted by atomic mass is 19.1. The number of hydrogen-bond donors (Lipinski definition) is 1. The van der Waals surface area contributed by atoms with E-state index in [-0.39, 0.29) is 11.4 Å². The number of halogens is 1. The minimum Gasteiger partial charge on any atom is -0.379 e. The fourth-order valence-electron chi connectivity index (χ4n) is 1.68. The minimum absolute atomic E-state index is 0.0833. The molecule has 0 bridgehead atoms. The van der Waals surface area contributed by atoms with E-state index in [0.29, 0.717) is 6.54 Å².